The summed E-state index contributed by atoms with van der Waals surface area (Å²) in [6, 6.07) is 20.7. The maximum Gasteiger partial charge on any atom is 0.162 e. The van der Waals surface area contributed by atoms with Gasteiger partial charge < -0.3 is 19.1 Å². The normalized spacial score (nSPS) is 17.2. The summed E-state index contributed by atoms with van der Waals surface area (Å²) in [7, 11) is 1.70. The maximum absolute atomic E-state index is 10.1. The second-order valence-electron chi connectivity index (χ2n) is 9.05. The van der Waals surface area contributed by atoms with Gasteiger partial charge in [-0.15, -0.1) is 0 Å². The van der Waals surface area contributed by atoms with Crippen LogP contribution >= 0.6 is 11.6 Å². The van der Waals surface area contributed by atoms with E-state index < -0.39 is 0 Å². The maximum atomic E-state index is 10.1. The molecule has 6 rings (SSSR count). The molecule has 4 aromatic rings. The fraction of sp³-hybridized carbons (Fsp3) is 0.286. The number of hydrogen-bond acceptors (Lipinski definition) is 4. The molecule has 1 N–H and O–H groups in total. The quantitative estimate of drug-likeness (QED) is 0.415. The lowest BCUT2D eigenvalue weighted by Gasteiger charge is -2.41. The van der Waals surface area contributed by atoms with Gasteiger partial charge in [-0.1, -0.05) is 48.0 Å². The Hall–Kier alpha value is -2.99. The molecule has 0 spiro atoms. The third kappa shape index (κ3) is 3.47. The molecule has 0 saturated heterocycles. The Morgan fingerprint density at radius 2 is 1.91 bits per heavy atom. The van der Waals surface area contributed by atoms with Crippen LogP contribution in [0.3, 0.4) is 0 Å². The Morgan fingerprint density at radius 3 is 2.71 bits per heavy atom. The summed E-state index contributed by atoms with van der Waals surface area (Å²) in [4.78, 5) is 2.51. The molecular formula is C28H27ClN2O3. The van der Waals surface area contributed by atoms with E-state index in [1.54, 1.807) is 7.11 Å². The van der Waals surface area contributed by atoms with Crippen molar-refractivity contribution in [3.8, 4) is 11.5 Å². The van der Waals surface area contributed by atoms with Crippen molar-refractivity contribution in [2.24, 2.45) is 0 Å². The molecule has 174 valence electrons. The Balaban J connectivity index is 1.40. The minimum Gasteiger partial charge on any atom is -0.493 e. The van der Waals surface area contributed by atoms with Gasteiger partial charge in [-0.3, -0.25) is 4.90 Å². The molecule has 0 amide bonds. The van der Waals surface area contributed by atoms with Crippen LogP contribution in [0, 0.1) is 0 Å². The van der Waals surface area contributed by atoms with Gasteiger partial charge in [0.1, 0.15) is 13.3 Å². The summed E-state index contributed by atoms with van der Waals surface area (Å²) >= 11 is 6.66. The predicted octanol–water partition coefficient (Wildman–Crippen LogP) is 5.49. The monoisotopic (exact) mass is 474 g/mol. The van der Waals surface area contributed by atoms with Crippen LogP contribution in [0.15, 0.2) is 60.7 Å². The summed E-state index contributed by atoms with van der Waals surface area (Å²) < 4.78 is 13.9. The van der Waals surface area contributed by atoms with Crippen molar-refractivity contribution >= 4 is 22.5 Å². The Labute approximate surface area is 204 Å². The van der Waals surface area contributed by atoms with Gasteiger partial charge in [-0.2, -0.15) is 0 Å². The number of methoxy groups -OCH3 is 1. The van der Waals surface area contributed by atoms with Gasteiger partial charge in [-0.25, -0.2) is 0 Å². The van der Waals surface area contributed by atoms with E-state index in [1.165, 1.54) is 22.4 Å². The van der Waals surface area contributed by atoms with E-state index in [-0.39, 0.29) is 12.8 Å². The first kappa shape index (κ1) is 21.5. The molecule has 1 aromatic heterocycles. The SMILES string of the molecule is COc1cc2c(cc1OCc1ccccc1)C1Cc3c(n(CO)c4cccc(Cl)c34)CN1CC2. The van der Waals surface area contributed by atoms with Crippen LogP contribution in [-0.2, 0) is 32.7 Å². The highest BCUT2D eigenvalue weighted by molar-refractivity contribution is 6.35. The van der Waals surface area contributed by atoms with Crippen molar-refractivity contribution in [2.75, 3.05) is 13.7 Å². The number of aliphatic hydroxyl groups is 1. The lowest BCUT2D eigenvalue weighted by Crippen LogP contribution is -2.39. The number of hydrogen-bond donors (Lipinski definition) is 1. The first-order chi connectivity index (χ1) is 16.7. The van der Waals surface area contributed by atoms with Gasteiger partial charge in [-0.05, 0) is 59.4 Å². The number of halogens is 1. The molecule has 0 saturated carbocycles. The van der Waals surface area contributed by atoms with Crippen molar-refractivity contribution < 1.29 is 14.6 Å². The molecule has 0 radical (unpaired) electrons. The predicted molar refractivity (Wildman–Crippen MR) is 133 cm³/mol. The molecule has 0 bridgehead atoms. The molecule has 6 heteroatoms. The zero-order valence-corrected chi connectivity index (χ0v) is 19.9. The molecule has 1 atom stereocenters. The summed E-state index contributed by atoms with van der Waals surface area (Å²) in [5.41, 5.74) is 7.13. The number of ether oxygens (including phenoxy) is 2. The summed E-state index contributed by atoms with van der Waals surface area (Å²) in [5, 5.41) is 11.9. The van der Waals surface area contributed by atoms with E-state index in [0.717, 1.165) is 58.9 Å². The van der Waals surface area contributed by atoms with E-state index in [1.807, 2.05) is 41.0 Å². The van der Waals surface area contributed by atoms with Gasteiger partial charge in [0.05, 0.1) is 17.6 Å². The molecule has 1 unspecified atom stereocenters. The topological polar surface area (TPSA) is 46.9 Å². The third-order valence-corrected chi connectivity index (χ3v) is 7.60. The molecule has 3 heterocycles. The highest BCUT2D eigenvalue weighted by atomic mass is 35.5. The largest absolute Gasteiger partial charge is 0.493 e. The molecule has 5 nitrogen and oxygen atoms in total. The number of rotatable bonds is 5. The number of aliphatic hydroxyl groups excluding tert-OH is 1. The van der Waals surface area contributed by atoms with Crippen molar-refractivity contribution in [3.05, 3.63) is 93.6 Å². The zero-order chi connectivity index (χ0) is 23.2. The van der Waals surface area contributed by atoms with Crippen LogP contribution in [0.5, 0.6) is 11.5 Å². The second-order valence-corrected chi connectivity index (χ2v) is 9.45. The fourth-order valence-corrected chi connectivity index (χ4v) is 5.92. The van der Waals surface area contributed by atoms with E-state index in [4.69, 9.17) is 21.1 Å². The molecule has 2 aliphatic heterocycles. The molecule has 34 heavy (non-hydrogen) atoms. The lowest BCUT2D eigenvalue weighted by molar-refractivity contribution is 0.145. The number of fused-ring (bicyclic) bond motifs is 6. The van der Waals surface area contributed by atoms with Crippen molar-refractivity contribution in [2.45, 2.75) is 38.8 Å². The van der Waals surface area contributed by atoms with Crippen LogP contribution in [0.25, 0.3) is 10.9 Å². The van der Waals surface area contributed by atoms with Crippen molar-refractivity contribution in [1.82, 2.24) is 9.47 Å². The van der Waals surface area contributed by atoms with Gasteiger partial charge in [0.2, 0.25) is 0 Å². The highest BCUT2D eigenvalue weighted by Crippen LogP contribution is 2.45. The highest BCUT2D eigenvalue weighted by Gasteiger charge is 2.36. The lowest BCUT2D eigenvalue weighted by atomic mass is 9.85. The first-order valence-electron chi connectivity index (χ1n) is 11.7. The third-order valence-electron chi connectivity index (χ3n) is 7.28. The average molecular weight is 475 g/mol. The van der Waals surface area contributed by atoms with Crippen LogP contribution in [-0.4, -0.2) is 28.2 Å². The van der Waals surface area contributed by atoms with E-state index in [0.29, 0.717) is 6.61 Å². The van der Waals surface area contributed by atoms with Crippen LogP contribution in [0.1, 0.15) is 34.0 Å². The smallest absolute Gasteiger partial charge is 0.162 e. The molecule has 2 aliphatic rings. The molecule has 3 aromatic carbocycles. The number of aromatic nitrogens is 1. The van der Waals surface area contributed by atoms with Crippen LogP contribution in [0.2, 0.25) is 5.02 Å². The summed E-state index contributed by atoms with van der Waals surface area (Å²) in [5.74, 6) is 1.55. The zero-order valence-electron chi connectivity index (χ0n) is 19.1. The van der Waals surface area contributed by atoms with Gasteiger partial charge >= 0.3 is 0 Å². The Kier molecular flexibility index (Phi) is 5.48. The van der Waals surface area contributed by atoms with Crippen LogP contribution < -0.4 is 9.47 Å². The summed E-state index contributed by atoms with van der Waals surface area (Å²) in [6.45, 7) is 2.20. The average Bonchev–Trinajstić information content (AvgIpc) is 3.19. The number of nitrogens with zero attached hydrogens (tertiary/aromatic N) is 2. The van der Waals surface area contributed by atoms with Gasteiger partial charge in [0, 0.05) is 30.2 Å². The van der Waals surface area contributed by atoms with Gasteiger partial charge in [0.25, 0.3) is 0 Å². The number of benzene rings is 3. The molecule has 0 fully saturated rings. The molecule has 0 aliphatic carbocycles. The van der Waals surface area contributed by atoms with E-state index in [2.05, 4.69) is 29.2 Å². The Bertz CT molecular complexity index is 1370. The van der Waals surface area contributed by atoms with Crippen LogP contribution in [0.4, 0.5) is 0 Å². The van der Waals surface area contributed by atoms with Crippen molar-refractivity contribution in [3.63, 3.8) is 0 Å². The minimum atomic E-state index is -0.0457. The first-order valence-corrected chi connectivity index (χ1v) is 12.1. The second kappa shape index (κ2) is 8.66. The minimum absolute atomic E-state index is 0.0457. The van der Waals surface area contributed by atoms with Crippen molar-refractivity contribution in [1.29, 1.82) is 0 Å². The summed E-state index contributed by atoms with van der Waals surface area (Å²) in [6.07, 6.45) is 1.80. The van der Waals surface area contributed by atoms with E-state index >= 15 is 0 Å². The molecular weight excluding hydrogens is 448 g/mol. The standard InChI is InChI=1S/C28H27ClN2O3/c1-33-26-12-19-10-11-30-15-25-21(28-22(29)8-5-9-23(28)31(25)17-32)13-24(30)20(19)14-27(26)34-16-18-6-3-2-4-7-18/h2-9,12,14,24,32H,10-11,13,15-17H2,1H3. The fourth-order valence-electron chi connectivity index (χ4n) is 5.63. The Morgan fingerprint density at radius 1 is 1.06 bits per heavy atom. The van der Waals surface area contributed by atoms with E-state index in [9.17, 15) is 5.11 Å². The van der Waals surface area contributed by atoms with Gasteiger partial charge in [0.15, 0.2) is 11.5 Å².